The highest BCUT2D eigenvalue weighted by atomic mass is 32.1. The summed E-state index contributed by atoms with van der Waals surface area (Å²) in [6.45, 7) is 2.64. The summed E-state index contributed by atoms with van der Waals surface area (Å²) in [5.74, 6) is 0.923. The van der Waals surface area contributed by atoms with E-state index in [9.17, 15) is 5.11 Å². The molecule has 1 aliphatic rings. The van der Waals surface area contributed by atoms with Gasteiger partial charge in [0.05, 0.1) is 0 Å². The van der Waals surface area contributed by atoms with Gasteiger partial charge >= 0.3 is 0 Å². The van der Waals surface area contributed by atoms with Crippen molar-refractivity contribution in [2.45, 2.75) is 58.3 Å². The lowest BCUT2D eigenvalue weighted by Crippen LogP contribution is -2.33. The third-order valence-electron chi connectivity index (χ3n) is 4.63. The van der Waals surface area contributed by atoms with Crippen LogP contribution in [0.1, 0.15) is 57.4 Å². The summed E-state index contributed by atoms with van der Waals surface area (Å²) in [6.07, 6.45) is 10.2. The molecular formula is C16H26OS. The van der Waals surface area contributed by atoms with E-state index < -0.39 is 0 Å². The molecule has 1 saturated carbocycles. The highest BCUT2D eigenvalue weighted by Crippen LogP contribution is 2.42. The zero-order chi connectivity index (χ0) is 12.8. The number of thiophene rings is 1. The second-order valence-corrected chi connectivity index (χ2v) is 6.83. The smallest absolute Gasteiger partial charge is 0.0490 e. The van der Waals surface area contributed by atoms with Crippen LogP contribution in [-0.4, -0.2) is 11.7 Å². The van der Waals surface area contributed by atoms with Gasteiger partial charge in [-0.05, 0) is 65.8 Å². The third kappa shape index (κ3) is 3.58. The van der Waals surface area contributed by atoms with Gasteiger partial charge in [-0.1, -0.05) is 26.2 Å². The fourth-order valence-corrected chi connectivity index (χ4v) is 3.96. The Hall–Kier alpha value is -0.340. The van der Waals surface area contributed by atoms with Crippen molar-refractivity contribution in [2.75, 3.05) is 6.61 Å². The van der Waals surface area contributed by atoms with Gasteiger partial charge in [-0.15, -0.1) is 0 Å². The van der Waals surface area contributed by atoms with Crippen LogP contribution in [-0.2, 0) is 6.42 Å². The molecule has 1 aromatic heterocycles. The molecule has 2 rings (SSSR count). The highest BCUT2D eigenvalue weighted by molar-refractivity contribution is 7.07. The highest BCUT2D eigenvalue weighted by Gasteiger charge is 2.34. The van der Waals surface area contributed by atoms with E-state index in [1.165, 1.54) is 50.5 Å². The minimum atomic E-state index is 0.184. The van der Waals surface area contributed by atoms with E-state index in [1.54, 1.807) is 11.3 Å². The van der Waals surface area contributed by atoms with E-state index in [1.807, 2.05) is 0 Å². The Morgan fingerprint density at radius 1 is 1.39 bits per heavy atom. The molecule has 0 atom stereocenters. The van der Waals surface area contributed by atoms with Crippen molar-refractivity contribution in [2.24, 2.45) is 11.3 Å². The average molecular weight is 266 g/mol. The van der Waals surface area contributed by atoms with E-state index in [4.69, 9.17) is 0 Å². The van der Waals surface area contributed by atoms with E-state index in [2.05, 4.69) is 23.8 Å². The zero-order valence-electron chi connectivity index (χ0n) is 11.5. The molecule has 0 aliphatic heterocycles. The lowest BCUT2D eigenvalue weighted by Gasteiger charge is -2.39. The monoisotopic (exact) mass is 266 g/mol. The maximum Gasteiger partial charge on any atom is 0.0490 e. The molecule has 0 bridgehead atoms. The predicted octanol–water partition coefficient (Wildman–Crippen LogP) is 4.65. The predicted molar refractivity (Wildman–Crippen MR) is 79.0 cm³/mol. The number of aliphatic hydroxyl groups is 1. The molecule has 0 radical (unpaired) electrons. The summed E-state index contributed by atoms with van der Waals surface area (Å²) in [6, 6.07) is 2.21. The van der Waals surface area contributed by atoms with Crippen LogP contribution in [0.25, 0.3) is 0 Å². The largest absolute Gasteiger partial charge is 0.396 e. The van der Waals surface area contributed by atoms with Gasteiger partial charge in [0.25, 0.3) is 0 Å². The first-order valence-electron chi connectivity index (χ1n) is 7.40. The number of hydrogen-bond acceptors (Lipinski definition) is 2. The van der Waals surface area contributed by atoms with Crippen LogP contribution in [0.5, 0.6) is 0 Å². The SMILES string of the molecule is CCCCC1CCC(CO)(Cc2ccsc2)CC1. The molecule has 1 aromatic rings. The van der Waals surface area contributed by atoms with Gasteiger partial charge in [-0.2, -0.15) is 11.3 Å². The molecule has 1 nitrogen and oxygen atoms in total. The summed E-state index contributed by atoms with van der Waals surface area (Å²) in [7, 11) is 0. The topological polar surface area (TPSA) is 20.2 Å². The van der Waals surface area contributed by atoms with Crippen molar-refractivity contribution in [3.8, 4) is 0 Å². The Kier molecular flexibility index (Phi) is 5.25. The van der Waals surface area contributed by atoms with Crippen LogP contribution in [0, 0.1) is 11.3 Å². The second-order valence-electron chi connectivity index (χ2n) is 6.05. The fourth-order valence-electron chi connectivity index (χ4n) is 3.29. The normalized spacial score (nSPS) is 28.4. The molecule has 0 unspecified atom stereocenters. The van der Waals surface area contributed by atoms with Crippen molar-refractivity contribution < 1.29 is 5.11 Å². The Bertz CT molecular complexity index is 323. The molecule has 0 aromatic carbocycles. The van der Waals surface area contributed by atoms with Gasteiger partial charge in [0.1, 0.15) is 0 Å². The van der Waals surface area contributed by atoms with Crippen LogP contribution in [0.15, 0.2) is 16.8 Å². The number of aliphatic hydroxyl groups excluding tert-OH is 1. The Morgan fingerprint density at radius 2 is 2.17 bits per heavy atom. The maximum atomic E-state index is 9.81. The zero-order valence-corrected chi connectivity index (χ0v) is 12.3. The van der Waals surface area contributed by atoms with Gasteiger partial charge in [0.15, 0.2) is 0 Å². The summed E-state index contributed by atoms with van der Waals surface area (Å²) in [5, 5.41) is 14.2. The van der Waals surface area contributed by atoms with E-state index in [0.717, 1.165) is 12.3 Å². The Morgan fingerprint density at radius 3 is 2.72 bits per heavy atom. The van der Waals surface area contributed by atoms with Crippen molar-refractivity contribution in [1.82, 2.24) is 0 Å². The lowest BCUT2D eigenvalue weighted by atomic mass is 9.67. The van der Waals surface area contributed by atoms with Gasteiger partial charge in [-0.25, -0.2) is 0 Å². The molecule has 1 heterocycles. The summed E-state index contributed by atoms with van der Waals surface area (Å²) >= 11 is 1.77. The second kappa shape index (κ2) is 6.72. The number of hydrogen-bond donors (Lipinski definition) is 1. The molecule has 0 saturated heterocycles. The van der Waals surface area contributed by atoms with Gasteiger partial charge in [-0.3, -0.25) is 0 Å². The summed E-state index contributed by atoms with van der Waals surface area (Å²) in [5.41, 5.74) is 1.60. The van der Waals surface area contributed by atoms with E-state index in [0.29, 0.717) is 6.61 Å². The lowest BCUT2D eigenvalue weighted by molar-refractivity contribution is 0.0621. The molecule has 1 aliphatic carbocycles. The quantitative estimate of drug-likeness (QED) is 0.794. The maximum absolute atomic E-state index is 9.81. The summed E-state index contributed by atoms with van der Waals surface area (Å²) in [4.78, 5) is 0. The molecule has 1 fully saturated rings. The minimum Gasteiger partial charge on any atom is -0.396 e. The van der Waals surface area contributed by atoms with Crippen LogP contribution in [0.2, 0.25) is 0 Å². The first-order chi connectivity index (χ1) is 8.78. The van der Waals surface area contributed by atoms with E-state index in [-0.39, 0.29) is 5.41 Å². The molecule has 18 heavy (non-hydrogen) atoms. The van der Waals surface area contributed by atoms with Crippen molar-refractivity contribution in [3.05, 3.63) is 22.4 Å². The first-order valence-corrected chi connectivity index (χ1v) is 8.34. The van der Waals surface area contributed by atoms with Crippen molar-refractivity contribution >= 4 is 11.3 Å². The van der Waals surface area contributed by atoms with Crippen molar-refractivity contribution in [1.29, 1.82) is 0 Å². The van der Waals surface area contributed by atoms with E-state index >= 15 is 0 Å². The molecule has 1 N–H and O–H groups in total. The fraction of sp³-hybridized carbons (Fsp3) is 0.750. The number of rotatable bonds is 6. The van der Waals surface area contributed by atoms with Crippen LogP contribution >= 0.6 is 11.3 Å². The van der Waals surface area contributed by atoms with Gasteiger partial charge < -0.3 is 5.11 Å². The molecule has 2 heteroatoms. The molecular weight excluding hydrogens is 240 g/mol. The third-order valence-corrected chi connectivity index (χ3v) is 5.36. The molecule has 0 spiro atoms. The van der Waals surface area contributed by atoms with Crippen molar-refractivity contribution in [3.63, 3.8) is 0 Å². The summed E-state index contributed by atoms with van der Waals surface area (Å²) < 4.78 is 0. The van der Waals surface area contributed by atoms with Crippen LogP contribution in [0.4, 0.5) is 0 Å². The molecule has 102 valence electrons. The number of unbranched alkanes of at least 4 members (excludes halogenated alkanes) is 1. The average Bonchev–Trinajstić information content (AvgIpc) is 2.91. The molecule has 0 amide bonds. The standard InChI is InChI=1S/C16H26OS/c1-2-3-4-14-5-8-16(13-17,9-6-14)11-15-7-10-18-12-15/h7,10,12,14,17H,2-6,8-9,11,13H2,1H3. The van der Waals surface area contributed by atoms with Crippen LogP contribution in [0.3, 0.4) is 0 Å². The first kappa shape index (κ1) is 14.1. The van der Waals surface area contributed by atoms with Crippen LogP contribution < -0.4 is 0 Å². The van der Waals surface area contributed by atoms with Gasteiger partial charge in [0.2, 0.25) is 0 Å². The minimum absolute atomic E-state index is 0.184. The van der Waals surface area contributed by atoms with Gasteiger partial charge in [0, 0.05) is 6.61 Å². The Labute approximate surface area is 115 Å². The Balaban J connectivity index is 1.87.